The molecule has 18 heavy (non-hydrogen) atoms. The molecule has 1 unspecified atom stereocenters. The molecule has 0 saturated carbocycles. The van der Waals surface area contributed by atoms with Crippen LogP contribution in [0.1, 0.15) is 16.6 Å². The molecule has 0 spiro atoms. The summed E-state index contributed by atoms with van der Waals surface area (Å²) in [7, 11) is 0. The Morgan fingerprint density at radius 2 is 2.06 bits per heavy atom. The van der Waals surface area contributed by atoms with E-state index in [1.165, 1.54) is 0 Å². The molecule has 0 saturated heterocycles. The second-order valence-electron chi connectivity index (χ2n) is 3.88. The van der Waals surface area contributed by atoms with Crippen LogP contribution in [0.5, 0.6) is 0 Å². The van der Waals surface area contributed by atoms with Gasteiger partial charge >= 0.3 is 0 Å². The highest BCUT2D eigenvalue weighted by Gasteiger charge is 2.16. The van der Waals surface area contributed by atoms with Crippen LogP contribution in [0, 0.1) is 0 Å². The molecule has 2 heterocycles. The molecular weight excluding hydrogens is 310 g/mol. The summed E-state index contributed by atoms with van der Waals surface area (Å²) in [4.78, 5) is 8.72. The van der Waals surface area contributed by atoms with Gasteiger partial charge in [-0.2, -0.15) is 0 Å². The Labute approximate surface area is 117 Å². The fourth-order valence-corrected chi connectivity index (χ4v) is 3.04. The van der Waals surface area contributed by atoms with Gasteiger partial charge in [0.15, 0.2) is 0 Å². The average Bonchev–Trinajstić information content (AvgIpc) is 2.93. The maximum absolute atomic E-state index is 6.27. The molecule has 2 N–H and O–H groups in total. The number of hydrogen-bond donors (Lipinski definition) is 1. The van der Waals surface area contributed by atoms with Crippen molar-refractivity contribution in [3.05, 3.63) is 57.1 Å². The number of fused-ring (bicyclic) bond motifs is 1. The van der Waals surface area contributed by atoms with Crippen LogP contribution in [0.15, 0.2) is 46.5 Å². The molecule has 0 aliphatic carbocycles. The minimum atomic E-state index is -0.226. The fraction of sp³-hybridized carbons (Fsp3) is 0.0769. The van der Waals surface area contributed by atoms with Gasteiger partial charge in [-0.1, -0.05) is 28.1 Å². The van der Waals surface area contributed by atoms with Crippen LogP contribution in [0.25, 0.3) is 10.9 Å². The molecule has 0 aliphatic rings. The molecule has 90 valence electrons. The molecule has 5 heteroatoms. The average molecular weight is 320 g/mol. The molecule has 1 aromatic carbocycles. The van der Waals surface area contributed by atoms with Crippen molar-refractivity contribution >= 4 is 38.2 Å². The number of aromatic nitrogens is 2. The van der Waals surface area contributed by atoms with Crippen molar-refractivity contribution in [1.82, 2.24) is 9.97 Å². The normalized spacial score (nSPS) is 12.8. The third kappa shape index (κ3) is 1.94. The highest BCUT2D eigenvalue weighted by atomic mass is 79.9. The number of nitrogens with zero attached hydrogens (tertiary/aromatic N) is 2. The first-order chi connectivity index (χ1) is 8.77. The summed E-state index contributed by atoms with van der Waals surface area (Å²) in [5.74, 6) is 0. The predicted molar refractivity (Wildman–Crippen MR) is 77.6 cm³/mol. The second-order valence-corrected chi connectivity index (χ2v) is 5.66. The largest absolute Gasteiger partial charge is 0.318 e. The van der Waals surface area contributed by atoms with Gasteiger partial charge < -0.3 is 5.73 Å². The van der Waals surface area contributed by atoms with E-state index < -0.39 is 0 Å². The van der Waals surface area contributed by atoms with E-state index in [9.17, 15) is 0 Å². The molecule has 3 aromatic rings. The van der Waals surface area contributed by atoms with E-state index in [0.717, 1.165) is 25.9 Å². The molecule has 3 rings (SSSR count). The van der Waals surface area contributed by atoms with Gasteiger partial charge in [-0.25, -0.2) is 4.98 Å². The van der Waals surface area contributed by atoms with Gasteiger partial charge in [0.2, 0.25) is 0 Å². The van der Waals surface area contributed by atoms with Gasteiger partial charge in [0.1, 0.15) is 5.01 Å². The number of halogens is 1. The Kier molecular flexibility index (Phi) is 3.11. The lowest BCUT2D eigenvalue weighted by atomic mass is 10.0. The van der Waals surface area contributed by atoms with Crippen LogP contribution in [-0.4, -0.2) is 9.97 Å². The molecule has 2 aromatic heterocycles. The van der Waals surface area contributed by atoms with E-state index >= 15 is 0 Å². The summed E-state index contributed by atoms with van der Waals surface area (Å²) in [6.45, 7) is 0. The van der Waals surface area contributed by atoms with Crippen LogP contribution >= 0.6 is 27.3 Å². The summed E-state index contributed by atoms with van der Waals surface area (Å²) >= 11 is 5.10. The monoisotopic (exact) mass is 319 g/mol. The van der Waals surface area contributed by atoms with Crippen molar-refractivity contribution in [2.24, 2.45) is 5.73 Å². The van der Waals surface area contributed by atoms with Gasteiger partial charge in [0, 0.05) is 33.2 Å². The van der Waals surface area contributed by atoms with Gasteiger partial charge in [-0.3, -0.25) is 4.98 Å². The van der Waals surface area contributed by atoms with Crippen LogP contribution in [0.2, 0.25) is 0 Å². The zero-order valence-electron chi connectivity index (χ0n) is 9.38. The van der Waals surface area contributed by atoms with Gasteiger partial charge in [-0.05, 0) is 12.1 Å². The van der Waals surface area contributed by atoms with Gasteiger partial charge in [-0.15, -0.1) is 11.3 Å². The first-order valence-corrected chi connectivity index (χ1v) is 7.13. The van der Waals surface area contributed by atoms with Gasteiger partial charge in [0.05, 0.1) is 11.6 Å². The number of hydrogen-bond acceptors (Lipinski definition) is 4. The minimum absolute atomic E-state index is 0.226. The summed E-state index contributed by atoms with van der Waals surface area (Å²) in [6, 6.07) is 7.74. The lowest BCUT2D eigenvalue weighted by Gasteiger charge is -2.12. The number of rotatable bonds is 2. The first kappa shape index (κ1) is 11.8. The Morgan fingerprint density at radius 3 is 2.83 bits per heavy atom. The highest BCUT2D eigenvalue weighted by Crippen LogP contribution is 2.31. The number of benzene rings is 1. The fourth-order valence-electron chi connectivity index (χ4n) is 1.93. The first-order valence-electron chi connectivity index (χ1n) is 5.45. The van der Waals surface area contributed by atoms with E-state index in [1.807, 2.05) is 29.6 Å². The SMILES string of the molecule is NC(c1nccs1)c1ccc(Br)c2cccnc12. The molecule has 0 bridgehead atoms. The van der Waals surface area contributed by atoms with Crippen LogP contribution < -0.4 is 5.73 Å². The Hall–Kier alpha value is -1.30. The van der Waals surface area contributed by atoms with Gasteiger partial charge in [0.25, 0.3) is 0 Å². The summed E-state index contributed by atoms with van der Waals surface area (Å²) in [6.07, 6.45) is 3.56. The Bertz CT molecular complexity index is 682. The van der Waals surface area contributed by atoms with E-state index in [4.69, 9.17) is 5.73 Å². The quantitative estimate of drug-likeness (QED) is 0.786. The predicted octanol–water partition coefficient (Wildman–Crippen LogP) is 3.50. The Balaban J connectivity index is 2.21. The molecule has 0 fully saturated rings. The van der Waals surface area contributed by atoms with Crippen molar-refractivity contribution in [3.8, 4) is 0 Å². The highest BCUT2D eigenvalue weighted by molar-refractivity contribution is 9.10. The van der Waals surface area contributed by atoms with Crippen LogP contribution in [0.3, 0.4) is 0 Å². The minimum Gasteiger partial charge on any atom is -0.318 e. The molecule has 3 nitrogen and oxygen atoms in total. The van der Waals surface area contributed by atoms with E-state index in [0.29, 0.717) is 0 Å². The van der Waals surface area contributed by atoms with E-state index in [-0.39, 0.29) is 6.04 Å². The molecular formula is C13H10BrN3S. The summed E-state index contributed by atoms with van der Waals surface area (Å²) in [5, 5.41) is 3.91. The van der Waals surface area contributed by atoms with E-state index in [2.05, 4.69) is 25.9 Å². The summed E-state index contributed by atoms with van der Waals surface area (Å²) in [5.41, 5.74) is 8.20. The van der Waals surface area contributed by atoms with Crippen molar-refractivity contribution < 1.29 is 0 Å². The second kappa shape index (κ2) is 4.76. The van der Waals surface area contributed by atoms with Crippen molar-refractivity contribution in [2.75, 3.05) is 0 Å². The molecule has 0 aliphatic heterocycles. The summed E-state index contributed by atoms with van der Waals surface area (Å²) < 4.78 is 1.03. The number of thiazole rings is 1. The maximum atomic E-state index is 6.27. The smallest absolute Gasteiger partial charge is 0.114 e. The number of pyridine rings is 1. The van der Waals surface area contributed by atoms with Crippen molar-refractivity contribution in [3.63, 3.8) is 0 Å². The van der Waals surface area contributed by atoms with Crippen molar-refractivity contribution in [2.45, 2.75) is 6.04 Å². The maximum Gasteiger partial charge on any atom is 0.114 e. The third-order valence-electron chi connectivity index (χ3n) is 2.80. The van der Waals surface area contributed by atoms with Crippen LogP contribution in [-0.2, 0) is 0 Å². The third-order valence-corrected chi connectivity index (χ3v) is 4.35. The topological polar surface area (TPSA) is 51.8 Å². The van der Waals surface area contributed by atoms with Crippen molar-refractivity contribution in [1.29, 1.82) is 0 Å². The van der Waals surface area contributed by atoms with E-state index in [1.54, 1.807) is 23.7 Å². The molecule has 0 amide bonds. The lowest BCUT2D eigenvalue weighted by Crippen LogP contribution is -2.12. The Morgan fingerprint density at radius 1 is 1.17 bits per heavy atom. The zero-order chi connectivity index (χ0) is 12.5. The van der Waals surface area contributed by atoms with Crippen LogP contribution in [0.4, 0.5) is 0 Å². The zero-order valence-corrected chi connectivity index (χ0v) is 11.8. The lowest BCUT2D eigenvalue weighted by molar-refractivity contribution is 0.863. The number of nitrogens with two attached hydrogens (primary N) is 1. The standard InChI is InChI=1S/C13H10BrN3S/c14-10-4-3-9(11(15)13-17-6-7-18-13)12-8(10)2-1-5-16-12/h1-7,11H,15H2. The molecule has 0 radical (unpaired) electrons. The molecule has 1 atom stereocenters.